The molecule has 0 aromatic heterocycles. The van der Waals surface area contributed by atoms with Crippen LogP contribution in [-0.2, 0) is 4.79 Å². The molecule has 134 valence electrons. The monoisotopic (exact) mass is 356 g/mol. The SMILES string of the molecule is COc1ccc(/C=C/C(=O)N(N=O)c2ccccc2C(=O)O)cc1OC. The molecule has 0 fully saturated rings. The first kappa shape index (κ1) is 18.7. The van der Waals surface area contributed by atoms with Gasteiger partial charge in [0.05, 0.1) is 30.8 Å². The molecule has 0 saturated carbocycles. The van der Waals surface area contributed by atoms with E-state index in [0.29, 0.717) is 22.1 Å². The molecule has 0 saturated heterocycles. The average Bonchev–Trinajstić information content (AvgIpc) is 2.66. The van der Waals surface area contributed by atoms with Crippen LogP contribution in [0.5, 0.6) is 11.5 Å². The number of carboxylic acid groups (broad SMARTS) is 1. The number of aromatic carboxylic acids is 1. The normalized spacial score (nSPS) is 10.4. The van der Waals surface area contributed by atoms with Crippen LogP contribution < -0.4 is 14.5 Å². The van der Waals surface area contributed by atoms with Gasteiger partial charge in [0.1, 0.15) is 0 Å². The Morgan fingerprint density at radius 3 is 2.38 bits per heavy atom. The van der Waals surface area contributed by atoms with Crippen LogP contribution in [0.3, 0.4) is 0 Å². The number of anilines is 1. The van der Waals surface area contributed by atoms with Crippen molar-refractivity contribution in [3.63, 3.8) is 0 Å². The number of hydrogen-bond acceptors (Lipinski definition) is 6. The van der Waals surface area contributed by atoms with E-state index in [0.717, 1.165) is 6.08 Å². The molecule has 8 heteroatoms. The highest BCUT2D eigenvalue weighted by molar-refractivity contribution is 6.07. The van der Waals surface area contributed by atoms with E-state index in [4.69, 9.17) is 9.47 Å². The van der Waals surface area contributed by atoms with Crippen LogP contribution in [0.4, 0.5) is 5.69 Å². The molecule has 1 N–H and O–H groups in total. The van der Waals surface area contributed by atoms with Gasteiger partial charge in [-0.1, -0.05) is 18.2 Å². The third-order valence-corrected chi connectivity index (χ3v) is 3.48. The Balaban J connectivity index is 2.29. The first-order valence-electron chi connectivity index (χ1n) is 7.41. The number of para-hydroxylation sites is 1. The third kappa shape index (κ3) is 4.04. The molecule has 2 aromatic carbocycles. The largest absolute Gasteiger partial charge is 0.493 e. The molecule has 26 heavy (non-hydrogen) atoms. The van der Waals surface area contributed by atoms with E-state index >= 15 is 0 Å². The molecule has 0 aliphatic rings. The molecule has 1 amide bonds. The molecule has 2 aromatic rings. The number of benzene rings is 2. The molecule has 0 unspecified atom stereocenters. The molecule has 0 atom stereocenters. The summed E-state index contributed by atoms with van der Waals surface area (Å²) in [5.41, 5.74) is 0.297. The van der Waals surface area contributed by atoms with Crippen LogP contribution >= 0.6 is 0 Å². The number of ether oxygens (including phenoxy) is 2. The third-order valence-electron chi connectivity index (χ3n) is 3.48. The highest BCUT2D eigenvalue weighted by Crippen LogP contribution is 2.28. The van der Waals surface area contributed by atoms with Gasteiger partial charge in [-0.3, -0.25) is 4.79 Å². The van der Waals surface area contributed by atoms with Gasteiger partial charge in [0, 0.05) is 6.08 Å². The van der Waals surface area contributed by atoms with Crippen LogP contribution in [0, 0.1) is 4.91 Å². The number of nitrogens with zero attached hydrogens (tertiary/aromatic N) is 2. The zero-order valence-electron chi connectivity index (χ0n) is 14.1. The number of amides is 1. The summed E-state index contributed by atoms with van der Waals surface area (Å²) in [6.07, 6.45) is 2.56. The fourth-order valence-electron chi connectivity index (χ4n) is 2.24. The Kier molecular flexibility index (Phi) is 6.05. The fourth-order valence-corrected chi connectivity index (χ4v) is 2.24. The molecule has 0 bridgehead atoms. The minimum absolute atomic E-state index is 0.114. The summed E-state index contributed by atoms with van der Waals surface area (Å²) in [5.74, 6) is -1.05. The summed E-state index contributed by atoms with van der Waals surface area (Å²) < 4.78 is 10.3. The van der Waals surface area contributed by atoms with E-state index in [1.54, 1.807) is 18.2 Å². The van der Waals surface area contributed by atoms with Crippen LogP contribution in [0.2, 0.25) is 0 Å². The maximum absolute atomic E-state index is 12.3. The lowest BCUT2D eigenvalue weighted by Crippen LogP contribution is -2.24. The Morgan fingerprint density at radius 1 is 1.08 bits per heavy atom. The lowest BCUT2D eigenvalue weighted by atomic mass is 10.1. The van der Waals surface area contributed by atoms with Crippen LogP contribution in [0.15, 0.2) is 53.8 Å². The summed E-state index contributed by atoms with van der Waals surface area (Å²) in [4.78, 5) is 34.7. The van der Waals surface area contributed by atoms with Crippen molar-refractivity contribution in [1.29, 1.82) is 0 Å². The van der Waals surface area contributed by atoms with E-state index in [9.17, 15) is 19.6 Å². The first-order valence-corrected chi connectivity index (χ1v) is 7.41. The van der Waals surface area contributed by atoms with Crippen molar-refractivity contribution in [2.45, 2.75) is 0 Å². The van der Waals surface area contributed by atoms with Gasteiger partial charge in [-0.05, 0) is 35.9 Å². The second-order valence-electron chi connectivity index (χ2n) is 5.00. The predicted octanol–water partition coefficient (Wildman–Crippen LogP) is 3.13. The number of carbonyl (C=O) groups excluding carboxylic acids is 1. The van der Waals surface area contributed by atoms with E-state index in [1.807, 2.05) is 0 Å². The second-order valence-corrected chi connectivity index (χ2v) is 5.00. The van der Waals surface area contributed by atoms with Crippen LogP contribution in [-0.4, -0.2) is 31.2 Å². The van der Waals surface area contributed by atoms with Crippen molar-refractivity contribution in [3.05, 3.63) is 64.6 Å². The highest BCUT2D eigenvalue weighted by Gasteiger charge is 2.20. The molecule has 0 radical (unpaired) electrons. The standard InChI is InChI=1S/C18H16N2O6/c1-25-15-9-7-12(11-16(15)26-2)8-10-17(21)20(19-24)14-6-4-3-5-13(14)18(22)23/h3-11H,1-2H3,(H,22,23)/b10-8+. The molecular weight excluding hydrogens is 340 g/mol. The van der Waals surface area contributed by atoms with Gasteiger partial charge < -0.3 is 14.6 Å². The van der Waals surface area contributed by atoms with Crippen molar-refractivity contribution in [2.24, 2.45) is 5.29 Å². The topological polar surface area (TPSA) is 106 Å². The molecule has 2 rings (SSSR count). The Hall–Kier alpha value is -3.68. The molecule has 0 aliphatic heterocycles. The number of carboxylic acids is 1. The van der Waals surface area contributed by atoms with Crippen LogP contribution in [0.1, 0.15) is 15.9 Å². The highest BCUT2D eigenvalue weighted by atomic mass is 16.5. The van der Waals surface area contributed by atoms with Gasteiger partial charge in [0.15, 0.2) is 11.5 Å². The molecule has 0 aliphatic carbocycles. The minimum atomic E-state index is -1.27. The quantitative estimate of drug-likeness (QED) is 0.464. The summed E-state index contributed by atoms with van der Waals surface area (Å²) in [6.45, 7) is 0. The molecule has 8 nitrogen and oxygen atoms in total. The first-order chi connectivity index (χ1) is 12.5. The zero-order chi connectivity index (χ0) is 19.1. The number of hydrogen-bond donors (Lipinski definition) is 1. The number of methoxy groups -OCH3 is 2. The number of nitroso groups, excluding NO2 is 1. The van der Waals surface area contributed by atoms with E-state index in [-0.39, 0.29) is 11.3 Å². The Morgan fingerprint density at radius 2 is 1.77 bits per heavy atom. The van der Waals surface area contributed by atoms with Crippen LogP contribution in [0.25, 0.3) is 6.08 Å². The van der Waals surface area contributed by atoms with Crippen molar-refractivity contribution in [3.8, 4) is 11.5 Å². The van der Waals surface area contributed by atoms with Gasteiger partial charge in [-0.2, -0.15) is 5.01 Å². The lowest BCUT2D eigenvalue weighted by Gasteiger charge is -2.13. The van der Waals surface area contributed by atoms with Crippen molar-refractivity contribution >= 4 is 23.6 Å². The maximum Gasteiger partial charge on any atom is 0.337 e. The minimum Gasteiger partial charge on any atom is -0.493 e. The molecule has 0 heterocycles. The number of carbonyl (C=O) groups is 2. The Labute approximate surface area is 149 Å². The van der Waals surface area contributed by atoms with E-state index in [1.165, 1.54) is 44.6 Å². The van der Waals surface area contributed by atoms with Crippen molar-refractivity contribution < 1.29 is 24.2 Å². The molecule has 0 spiro atoms. The van der Waals surface area contributed by atoms with Gasteiger partial charge >= 0.3 is 5.97 Å². The van der Waals surface area contributed by atoms with Gasteiger partial charge in [0.2, 0.25) is 0 Å². The van der Waals surface area contributed by atoms with Crippen molar-refractivity contribution in [1.82, 2.24) is 0 Å². The lowest BCUT2D eigenvalue weighted by molar-refractivity contribution is -0.114. The van der Waals surface area contributed by atoms with Gasteiger partial charge in [-0.15, -0.1) is 4.91 Å². The summed E-state index contributed by atoms with van der Waals surface area (Å²) in [6, 6.07) is 10.6. The summed E-state index contributed by atoms with van der Waals surface area (Å²) >= 11 is 0. The fraction of sp³-hybridized carbons (Fsp3) is 0.111. The summed E-state index contributed by atoms with van der Waals surface area (Å²) in [5, 5.41) is 12.3. The average molecular weight is 356 g/mol. The maximum atomic E-state index is 12.3. The van der Waals surface area contributed by atoms with Gasteiger partial charge in [0.25, 0.3) is 5.91 Å². The number of rotatable bonds is 7. The smallest absolute Gasteiger partial charge is 0.337 e. The van der Waals surface area contributed by atoms with Gasteiger partial charge in [-0.25, -0.2) is 4.79 Å². The molecular formula is C18H16N2O6. The van der Waals surface area contributed by atoms with E-state index in [2.05, 4.69) is 5.29 Å². The Bertz CT molecular complexity index is 863. The van der Waals surface area contributed by atoms with E-state index < -0.39 is 11.9 Å². The zero-order valence-corrected chi connectivity index (χ0v) is 14.1. The summed E-state index contributed by atoms with van der Waals surface area (Å²) in [7, 11) is 2.99. The predicted molar refractivity (Wildman–Crippen MR) is 95.3 cm³/mol. The second kappa shape index (κ2) is 8.43. The van der Waals surface area contributed by atoms with Crippen molar-refractivity contribution in [2.75, 3.05) is 19.2 Å².